The van der Waals surface area contributed by atoms with Crippen LogP contribution in [0.5, 0.6) is 0 Å². The van der Waals surface area contributed by atoms with E-state index in [1.54, 1.807) is 29.6 Å². The predicted molar refractivity (Wildman–Crippen MR) is 45.4 cm³/mol. The lowest BCUT2D eigenvalue weighted by molar-refractivity contribution is 0.135. The van der Waals surface area contributed by atoms with Crippen molar-refractivity contribution in [1.29, 1.82) is 0 Å². The number of aliphatic imine (C=N–C) groups is 1. The van der Waals surface area contributed by atoms with E-state index in [4.69, 9.17) is 5.11 Å². The van der Waals surface area contributed by atoms with Crippen LogP contribution in [-0.2, 0) is 0 Å². The summed E-state index contributed by atoms with van der Waals surface area (Å²) >= 11 is 0. The summed E-state index contributed by atoms with van der Waals surface area (Å²) in [6, 6.07) is 0. The Morgan fingerprint density at radius 1 is 1.69 bits per heavy atom. The van der Waals surface area contributed by atoms with Crippen LogP contribution >= 0.6 is 0 Å². The summed E-state index contributed by atoms with van der Waals surface area (Å²) in [5, 5.41) is 9.76. The van der Waals surface area contributed by atoms with E-state index in [0.717, 1.165) is 5.01 Å². The molecule has 2 aliphatic rings. The SMILES string of the molecule is O=C(O)N1CN2C=CC=NC=C2N1. The van der Waals surface area contributed by atoms with Crippen molar-refractivity contribution in [2.24, 2.45) is 4.99 Å². The first-order valence-corrected chi connectivity index (χ1v) is 3.71. The van der Waals surface area contributed by atoms with Gasteiger partial charge in [0.05, 0.1) is 6.20 Å². The van der Waals surface area contributed by atoms with Gasteiger partial charge in [-0.2, -0.15) is 5.01 Å². The van der Waals surface area contributed by atoms with Crippen molar-refractivity contribution in [3.05, 3.63) is 24.3 Å². The normalized spacial score (nSPS) is 19.2. The van der Waals surface area contributed by atoms with Crippen LogP contribution in [0.4, 0.5) is 4.79 Å². The number of rotatable bonds is 0. The maximum atomic E-state index is 10.6. The molecule has 0 saturated carbocycles. The van der Waals surface area contributed by atoms with Gasteiger partial charge in [0.25, 0.3) is 0 Å². The molecule has 1 saturated heterocycles. The summed E-state index contributed by atoms with van der Waals surface area (Å²) in [4.78, 5) is 16.2. The molecule has 2 N–H and O–H groups in total. The second kappa shape index (κ2) is 2.81. The van der Waals surface area contributed by atoms with Gasteiger partial charge in [0.15, 0.2) is 0 Å². The minimum absolute atomic E-state index is 0.279. The molecule has 2 rings (SSSR count). The highest BCUT2D eigenvalue weighted by atomic mass is 16.4. The highest BCUT2D eigenvalue weighted by molar-refractivity contribution is 5.72. The molecule has 2 heterocycles. The van der Waals surface area contributed by atoms with Gasteiger partial charge < -0.3 is 10.0 Å². The third-order valence-corrected chi connectivity index (χ3v) is 1.72. The third kappa shape index (κ3) is 1.33. The number of carbonyl (C=O) groups is 1. The van der Waals surface area contributed by atoms with E-state index in [2.05, 4.69) is 10.4 Å². The average Bonchev–Trinajstić information content (AvgIpc) is 2.38. The molecule has 68 valence electrons. The van der Waals surface area contributed by atoms with Crippen LogP contribution in [0.2, 0.25) is 0 Å². The Morgan fingerprint density at radius 3 is 3.31 bits per heavy atom. The molecule has 0 spiro atoms. The smallest absolute Gasteiger partial charge is 0.427 e. The number of allylic oxidation sites excluding steroid dienone is 1. The largest absolute Gasteiger partial charge is 0.464 e. The number of fused-ring (bicyclic) bond motifs is 1. The van der Waals surface area contributed by atoms with Crippen molar-refractivity contribution in [3.63, 3.8) is 0 Å². The second-order valence-corrected chi connectivity index (χ2v) is 2.59. The first-order valence-electron chi connectivity index (χ1n) is 3.71. The summed E-state index contributed by atoms with van der Waals surface area (Å²) in [5.41, 5.74) is 2.69. The van der Waals surface area contributed by atoms with Crippen LogP contribution in [0.1, 0.15) is 0 Å². The number of hydrogen-bond acceptors (Lipinski definition) is 4. The molecule has 6 nitrogen and oxygen atoms in total. The topological polar surface area (TPSA) is 68.2 Å². The summed E-state index contributed by atoms with van der Waals surface area (Å²) < 4.78 is 0. The fourth-order valence-electron chi connectivity index (χ4n) is 1.11. The van der Waals surface area contributed by atoms with Crippen molar-refractivity contribution in [1.82, 2.24) is 15.3 Å². The van der Waals surface area contributed by atoms with Gasteiger partial charge >= 0.3 is 6.09 Å². The lowest BCUT2D eigenvalue weighted by Crippen LogP contribution is -2.35. The molecule has 2 aliphatic heterocycles. The third-order valence-electron chi connectivity index (χ3n) is 1.72. The van der Waals surface area contributed by atoms with Crippen molar-refractivity contribution in [2.75, 3.05) is 6.67 Å². The van der Waals surface area contributed by atoms with Crippen LogP contribution in [0.15, 0.2) is 29.3 Å². The highest BCUT2D eigenvalue weighted by Crippen LogP contribution is 2.13. The summed E-state index contributed by atoms with van der Waals surface area (Å²) in [6.45, 7) is 0.279. The Kier molecular flexibility index (Phi) is 1.66. The zero-order valence-electron chi connectivity index (χ0n) is 6.71. The minimum Gasteiger partial charge on any atom is -0.464 e. The van der Waals surface area contributed by atoms with Crippen molar-refractivity contribution in [3.8, 4) is 0 Å². The van der Waals surface area contributed by atoms with Crippen LogP contribution in [0, 0.1) is 0 Å². The van der Waals surface area contributed by atoms with E-state index < -0.39 is 6.09 Å². The fraction of sp³-hybridized carbons (Fsp3) is 0.143. The molecule has 0 bridgehead atoms. The standard InChI is InChI=1S/C7H8N4O2/c12-7(13)11-5-10-3-1-2-8-4-6(10)9-11/h1-4,9H,5H2,(H,12,13). The van der Waals surface area contributed by atoms with Gasteiger partial charge in [-0.25, -0.2) is 4.79 Å². The maximum Gasteiger partial charge on any atom is 0.427 e. The number of amides is 1. The molecule has 1 amide bonds. The van der Waals surface area contributed by atoms with E-state index >= 15 is 0 Å². The molecule has 6 heteroatoms. The van der Waals surface area contributed by atoms with Gasteiger partial charge in [0.2, 0.25) is 0 Å². The second-order valence-electron chi connectivity index (χ2n) is 2.59. The molecule has 0 aromatic heterocycles. The van der Waals surface area contributed by atoms with E-state index in [0.29, 0.717) is 5.82 Å². The van der Waals surface area contributed by atoms with Crippen molar-refractivity contribution in [2.45, 2.75) is 0 Å². The highest BCUT2D eigenvalue weighted by Gasteiger charge is 2.25. The minimum atomic E-state index is -1.01. The first-order chi connectivity index (χ1) is 6.27. The molecule has 0 aliphatic carbocycles. The summed E-state index contributed by atoms with van der Waals surface area (Å²) in [5.74, 6) is 0.660. The van der Waals surface area contributed by atoms with E-state index in [1.807, 2.05) is 0 Å². The monoisotopic (exact) mass is 180 g/mol. The Labute approximate surface area is 74.4 Å². The quantitative estimate of drug-likeness (QED) is 0.556. The molecule has 0 aromatic rings. The molecule has 0 radical (unpaired) electrons. The number of nitrogens with zero attached hydrogens (tertiary/aromatic N) is 3. The first kappa shape index (κ1) is 7.66. The van der Waals surface area contributed by atoms with E-state index in [-0.39, 0.29) is 6.67 Å². The Hall–Kier alpha value is -1.98. The lowest BCUT2D eigenvalue weighted by Gasteiger charge is -2.09. The molecule has 0 aromatic carbocycles. The van der Waals surface area contributed by atoms with Gasteiger partial charge in [-0.1, -0.05) is 0 Å². The maximum absolute atomic E-state index is 10.6. The van der Waals surface area contributed by atoms with E-state index in [9.17, 15) is 4.79 Å². The predicted octanol–water partition coefficient (Wildman–Crippen LogP) is 0.141. The molecular formula is C7H8N4O2. The number of carboxylic acid groups (broad SMARTS) is 1. The van der Waals surface area contributed by atoms with Crippen LogP contribution < -0.4 is 5.43 Å². The van der Waals surface area contributed by atoms with Gasteiger partial charge in [-0.05, 0) is 6.08 Å². The zero-order chi connectivity index (χ0) is 9.26. The summed E-state index contributed by atoms with van der Waals surface area (Å²) in [6.07, 6.45) is 5.71. The number of hydrogen-bond donors (Lipinski definition) is 2. The molecule has 1 fully saturated rings. The fourth-order valence-corrected chi connectivity index (χ4v) is 1.11. The van der Waals surface area contributed by atoms with Crippen molar-refractivity contribution < 1.29 is 9.90 Å². The Balaban J connectivity index is 2.19. The van der Waals surface area contributed by atoms with E-state index in [1.165, 1.54) is 0 Å². The van der Waals surface area contributed by atoms with Gasteiger partial charge in [0, 0.05) is 12.4 Å². The van der Waals surface area contributed by atoms with Gasteiger partial charge in [-0.3, -0.25) is 10.4 Å². The van der Waals surface area contributed by atoms with Crippen molar-refractivity contribution >= 4 is 12.3 Å². The lowest BCUT2D eigenvalue weighted by atomic mass is 10.6. The van der Waals surface area contributed by atoms with Crippen LogP contribution in [-0.4, -0.2) is 34.0 Å². The van der Waals surface area contributed by atoms with Crippen LogP contribution in [0.25, 0.3) is 0 Å². The Morgan fingerprint density at radius 2 is 2.54 bits per heavy atom. The molecule has 0 unspecified atom stereocenters. The molecular weight excluding hydrogens is 172 g/mol. The molecule has 13 heavy (non-hydrogen) atoms. The van der Waals surface area contributed by atoms with Gasteiger partial charge in [0.1, 0.15) is 12.5 Å². The Bertz CT molecular complexity index is 320. The van der Waals surface area contributed by atoms with Crippen LogP contribution in [0.3, 0.4) is 0 Å². The number of nitrogens with one attached hydrogen (secondary N) is 1. The number of hydrazine groups is 1. The molecule has 0 atom stereocenters. The average molecular weight is 180 g/mol. The summed E-state index contributed by atoms with van der Waals surface area (Å²) in [7, 11) is 0. The zero-order valence-corrected chi connectivity index (χ0v) is 6.71. The van der Waals surface area contributed by atoms with Gasteiger partial charge in [-0.15, -0.1) is 0 Å².